The molecule has 0 saturated carbocycles. The summed E-state index contributed by atoms with van der Waals surface area (Å²) in [5.41, 5.74) is -0.0222. The first kappa shape index (κ1) is 16.2. The zero-order valence-electron chi connectivity index (χ0n) is 12.6. The van der Waals surface area contributed by atoms with E-state index >= 15 is 0 Å². The van der Waals surface area contributed by atoms with Crippen molar-refractivity contribution < 1.29 is 14.6 Å². The fraction of sp³-hybridized carbons (Fsp3) is 0.200. The topological polar surface area (TPSA) is 108 Å². The number of anilines is 2. The van der Waals surface area contributed by atoms with E-state index in [0.717, 1.165) is 6.07 Å². The molecular formula is C15H15N3O5. The molecular weight excluding hydrogens is 302 g/mol. The van der Waals surface area contributed by atoms with Gasteiger partial charge in [-0.2, -0.15) is 0 Å². The second-order valence-corrected chi connectivity index (χ2v) is 5.00. The Hall–Kier alpha value is -3.16. The van der Waals surface area contributed by atoms with E-state index in [1.54, 1.807) is 24.3 Å². The van der Waals surface area contributed by atoms with Crippen molar-refractivity contribution in [3.8, 4) is 5.75 Å². The first-order valence-electron chi connectivity index (χ1n) is 6.84. The van der Waals surface area contributed by atoms with Gasteiger partial charge in [-0.1, -0.05) is 12.1 Å². The fourth-order valence-electron chi connectivity index (χ4n) is 1.96. The normalized spacial score (nSPS) is 10.4. The number of nitrogens with one attached hydrogen (secondary N) is 1. The van der Waals surface area contributed by atoms with E-state index in [9.17, 15) is 20.2 Å². The zero-order valence-corrected chi connectivity index (χ0v) is 12.6. The molecule has 120 valence electrons. The number of hydrogen-bond donors (Lipinski definition) is 1. The van der Waals surface area contributed by atoms with Gasteiger partial charge in [0.15, 0.2) is 0 Å². The van der Waals surface area contributed by atoms with E-state index in [-0.39, 0.29) is 23.2 Å². The van der Waals surface area contributed by atoms with Crippen molar-refractivity contribution >= 4 is 22.7 Å². The van der Waals surface area contributed by atoms with Gasteiger partial charge in [-0.3, -0.25) is 20.2 Å². The lowest BCUT2D eigenvalue weighted by Crippen LogP contribution is -2.07. The molecule has 0 amide bonds. The van der Waals surface area contributed by atoms with Gasteiger partial charge in [-0.05, 0) is 32.0 Å². The van der Waals surface area contributed by atoms with Crippen LogP contribution in [0, 0.1) is 20.2 Å². The van der Waals surface area contributed by atoms with Crippen molar-refractivity contribution in [2.75, 3.05) is 5.32 Å². The van der Waals surface area contributed by atoms with Gasteiger partial charge < -0.3 is 10.1 Å². The van der Waals surface area contributed by atoms with Crippen molar-refractivity contribution in [1.82, 2.24) is 0 Å². The summed E-state index contributed by atoms with van der Waals surface area (Å²) >= 11 is 0. The molecule has 8 nitrogen and oxygen atoms in total. The number of hydrogen-bond acceptors (Lipinski definition) is 6. The van der Waals surface area contributed by atoms with Crippen molar-refractivity contribution in [3.63, 3.8) is 0 Å². The smallest absolute Gasteiger partial charge is 0.299 e. The van der Waals surface area contributed by atoms with Gasteiger partial charge in [0.25, 0.3) is 11.4 Å². The summed E-state index contributed by atoms with van der Waals surface area (Å²) in [5, 5.41) is 24.8. The molecule has 0 aliphatic heterocycles. The number of nitro benzene ring substituents is 2. The molecule has 2 aromatic carbocycles. The summed E-state index contributed by atoms with van der Waals surface area (Å²) in [7, 11) is 0. The third-order valence-electron chi connectivity index (χ3n) is 2.91. The number of para-hydroxylation sites is 2. The molecule has 1 N–H and O–H groups in total. The molecule has 0 atom stereocenters. The van der Waals surface area contributed by atoms with E-state index in [0.29, 0.717) is 11.4 Å². The summed E-state index contributed by atoms with van der Waals surface area (Å²) in [4.78, 5) is 20.6. The van der Waals surface area contributed by atoms with Gasteiger partial charge in [0.2, 0.25) is 0 Å². The lowest BCUT2D eigenvalue weighted by Gasteiger charge is -2.15. The molecule has 0 aromatic heterocycles. The standard InChI is InChI=1S/C15H15N3O5/c1-10(2)23-15-6-4-3-5-13(15)16-12-8-7-11(17(19)20)9-14(12)18(21)22/h3-10,16H,1-2H3. The zero-order chi connectivity index (χ0) is 17.0. The molecule has 0 fully saturated rings. The maximum atomic E-state index is 11.2. The van der Waals surface area contributed by atoms with E-state index in [1.165, 1.54) is 12.1 Å². The lowest BCUT2D eigenvalue weighted by molar-refractivity contribution is -0.393. The Balaban J connectivity index is 2.41. The Morgan fingerprint density at radius 3 is 2.30 bits per heavy atom. The van der Waals surface area contributed by atoms with Gasteiger partial charge in [0.1, 0.15) is 11.4 Å². The second kappa shape index (κ2) is 6.73. The first-order chi connectivity index (χ1) is 10.9. The highest BCUT2D eigenvalue weighted by Gasteiger charge is 2.20. The van der Waals surface area contributed by atoms with Crippen LogP contribution in [0.5, 0.6) is 5.75 Å². The van der Waals surface area contributed by atoms with Crippen LogP contribution in [0.4, 0.5) is 22.7 Å². The van der Waals surface area contributed by atoms with Crippen LogP contribution in [-0.4, -0.2) is 16.0 Å². The average Bonchev–Trinajstić information content (AvgIpc) is 2.48. The highest BCUT2D eigenvalue weighted by atomic mass is 16.6. The lowest BCUT2D eigenvalue weighted by atomic mass is 10.2. The average molecular weight is 317 g/mol. The van der Waals surface area contributed by atoms with Crippen LogP contribution in [-0.2, 0) is 0 Å². The summed E-state index contributed by atoms with van der Waals surface area (Å²) in [6, 6.07) is 10.4. The second-order valence-electron chi connectivity index (χ2n) is 5.00. The van der Waals surface area contributed by atoms with Crippen LogP contribution in [0.1, 0.15) is 13.8 Å². The number of benzene rings is 2. The number of nitrogens with zero attached hydrogens (tertiary/aromatic N) is 2. The highest BCUT2D eigenvalue weighted by molar-refractivity contribution is 5.74. The maximum Gasteiger partial charge on any atom is 0.299 e. The van der Waals surface area contributed by atoms with Crippen LogP contribution in [0.15, 0.2) is 42.5 Å². The van der Waals surface area contributed by atoms with Crippen LogP contribution in [0.3, 0.4) is 0 Å². The third kappa shape index (κ3) is 3.94. The molecule has 8 heteroatoms. The van der Waals surface area contributed by atoms with Gasteiger partial charge in [0, 0.05) is 6.07 Å². The van der Waals surface area contributed by atoms with Crippen LogP contribution >= 0.6 is 0 Å². The minimum Gasteiger partial charge on any atom is -0.489 e. The molecule has 2 rings (SSSR count). The molecule has 0 bridgehead atoms. The van der Waals surface area contributed by atoms with Crippen molar-refractivity contribution in [2.24, 2.45) is 0 Å². The monoisotopic (exact) mass is 317 g/mol. The summed E-state index contributed by atoms with van der Waals surface area (Å²) < 4.78 is 5.64. The molecule has 0 aliphatic rings. The van der Waals surface area contributed by atoms with E-state index in [1.807, 2.05) is 13.8 Å². The first-order valence-corrected chi connectivity index (χ1v) is 6.84. The predicted octanol–water partition coefficient (Wildman–Crippen LogP) is 4.03. The molecule has 0 saturated heterocycles. The number of non-ortho nitro benzene ring substituents is 1. The van der Waals surface area contributed by atoms with Crippen molar-refractivity contribution in [3.05, 3.63) is 62.7 Å². The van der Waals surface area contributed by atoms with Gasteiger partial charge in [-0.25, -0.2) is 0 Å². The van der Waals surface area contributed by atoms with Crippen molar-refractivity contribution in [2.45, 2.75) is 20.0 Å². The summed E-state index contributed by atoms with van der Waals surface area (Å²) in [5.74, 6) is 0.537. The van der Waals surface area contributed by atoms with Gasteiger partial charge in [-0.15, -0.1) is 0 Å². The Bertz CT molecular complexity index is 746. The van der Waals surface area contributed by atoms with Gasteiger partial charge >= 0.3 is 0 Å². The Morgan fingerprint density at radius 1 is 1.00 bits per heavy atom. The molecule has 0 heterocycles. The van der Waals surface area contributed by atoms with Crippen LogP contribution < -0.4 is 10.1 Å². The fourth-order valence-corrected chi connectivity index (χ4v) is 1.96. The van der Waals surface area contributed by atoms with E-state index < -0.39 is 9.85 Å². The molecule has 23 heavy (non-hydrogen) atoms. The third-order valence-corrected chi connectivity index (χ3v) is 2.91. The number of rotatable bonds is 6. The molecule has 0 spiro atoms. The van der Waals surface area contributed by atoms with Crippen molar-refractivity contribution in [1.29, 1.82) is 0 Å². The Labute approximate surface area is 132 Å². The largest absolute Gasteiger partial charge is 0.489 e. The quantitative estimate of drug-likeness (QED) is 0.636. The Morgan fingerprint density at radius 2 is 1.70 bits per heavy atom. The van der Waals surface area contributed by atoms with E-state index in [2.05, 4.69) is 5.32 Å². The van der Waals surface area contributed by atoms with Crippen LogP contribution in [0.2, 0.25) is 0 Å². The summed E-state index contributed by atoms with van der Waals surface area (Å²) in [6.45, 7) is 3.73. The predicted molar refractivity (Wildman–Crippen MR) is 85.2 cm³/mol. The SMILES string of the molecule is CC(C)Oc1ccccc1Nc1ccc([N+](=O)[O-])cc1[N+](=O)[O-]. The minimum absolute atomic E-state index is 0.0650. The molecule has 0 unspecified atom stereocenters. The molecule has 2 aromatic rings. The number of nitro groups is 2. The number of ether oxygens (including phenoxy) is 1. The molecule has 0 aliphatic carbocycles. The van der Waals surface area contributed by atoms with Gasteiger partial charge in [0.05, 0.1) is 27.7 Å². The highest BCUT2D eigenvalue weighted by Crippen LogP contribution is 2.34. The molecule has 0 radical (unpaired) electrons. The Kier molecular flexibility index (Phi) is 4.75. The van der Waals surface area contributed by atoms with Crippen LogP contribution in [0.25, 0.3) is 0 Å². The van der Waals surface area contributed by atoms with E-state index in [4.69, 9.17) is 4.74 Å². The minimum atomic E-state index is -0.674. The maximum absolute atomic E-state index is 11.2. The summed E-state index contributed by atoms with van der Waals surface area (Å²) in [6.07, 6.45) is -0.0650.